The van der Waals surface area contributed by atoms with E-state index in [-0.39, 0.29) is 24.2 Å². The summed E-state index contributed by atoms with van der Waals surface area (Å²) >= 11 is 0. The second-order valence-corrected chi connectivity index (χ2v) is 7.31. The Morgan fingerprint density at radius 2 is 1.60 bits per heavy atom. The molecule has 0 radical (unpaired) electrons. The van der Waals surface area contributed by atoms with Crippen LogP contribution in [0.3, 0.4) is 0 Å². The predicted molar refractivity (Wildman–Crippen MR) is 81.6 cm³/mol. The number of amides is 1. The van der Waals surface area contributed by atoms with Gasteiger partial charge in [-0.05, 0) is 17.3 Å². The van der Waals surface area contributed by atoms with Crippen LogP contribution in [0.4, 0.5) is 0 Å². The molecule has 0 saturated heterocycles. The summed E-state index contributed by atoms with van der Waals surface area (Å²) in [6.07, 6.45) is 4.98. The van der Waals surface area contributed by atoms with E-state index in [1.54, 1.807) is 0 Å². The normalized spacial score (nSPS) is 12.2. The molecular weight excluding hydrogens is 254 g/mol. The first kappa shape index (κ1) is 18.9. The van der Waals surface area contributed by atoms with Gasteiger partial charge >= 0.3 is 5.97 Å². The number of hydrogen-bond acceptors (Lipinski definition) is 2. The highest BCUT2D eigenvalue weighted by Gasteiger charge is 2.26. The SMILES string of the molecule is CCCCCC(C)(C)CNC(=O)CC(C)(C)CC(=O)O. The zero-order valence-corrected chi connectivity index (χ0v) is 13.7. The molecule has 0 rings (SSSR count). The maximum Gasteiger partial charge on any atom is 0.303 e. The van der Waals surface area contributed by atoms with E-state index >= 15 is 0 Å². The first-order valence-electron chi connectivity index (χ1n) is 7.56. The summed E-state index contributed by atoms with van der Waals surface area (Å²) in [4.78, 5) is 22.6. The Balaban J connectivity index is 4.11. The number of carbonyl (C=O) groups is 2. The van der Waals surface area contributed by atoms with Gasteiger partial charge in [-0.3, -0.25) is 9.59 Å². The molecule has 0 aliphatic heterocycles. The van der Waals surface area contributed by atoms with E-state index in [4.69, 9.17) is 5.11 Å². The third-order valence-corrected chi connectivity index (χ3v) is 3.49. The van der Waals surface area contributed by atoms with Gasteiger partial charge in [-0.25, -0.2) is 0 Å². The van der Waals surface area contributed by atoms with Crippen LogP contribution in [0.25, 0.3) is 0 Å². The van der Waals surface area contributed by atoms with Crippen LogP contribution < -0.4 is 5.32 Å². The van der Waals surface area contributed by atoms with Gasteiger partial charge in [-0.1, -0.05) is 53.9 Å². The summed E-state index contributed by atoms with van der Waals surface area (Å²) in [5.41, 5.74) is -0.399. The number of hydrogen-bond donors (Lipinski definition) is 2. The summed E-state index contributed by atoms with van der Waals surface area (Å²) in [5, 5.41) is 11.8. The molecule has 0 bridgehead atoms. The fourth-order valence-electron chi connectivity index (χ4n) is 2.25. The van der Waals surface area contributed by atoms with Crippen molar-refractivity contribution in [3.63, 3.8) is 0 Å². The van der Waals surface area contributed by atoms with Crippen LogP contribution in [0.2, 0.25) is 0 Å². The van der Waals surface area contributed by atoms with Crippen molar-refractivity contribution in [2.45, 2.75) is 73.1 Å². The van der Waals surface area contributed by atoms with Crippen molar-refractivity contribution in [2.24, 2.45) is 10.8 Å². The zero-order chi connectivity index (χ0) is 15.8. The van der Waals surface area contributed by atoms with Crippen molar-refractivity contribution in [2.75, 3.05) is 6.54 Å². The van der Waals surface area contributed by atoms with Crippen LogP contribution in [0.1, 0.15) is 73.1 Å². The van der Waals surface area contributed by atoms with Crippen molar-refractivity contribution >= 4 is 11.9 Å². The van der Waals surface area contributed by atoms with Gasteiger partial charge in [0.1, 0.15) is 0 Å². The van der Waals surface area contributed by atoms with Gasteiger partial charge in [0.2, 0.25) is 5.91 Å². The molecule has 0 saturated carbocycles. The minimum atomic E-state index is -0.859. The van der Waals surface area contributed by atoms with Crippen LogP contribution in [0, 0.1) is 10.8 Å². The van der Waals surface area contributed by atoms with Crippen LogP contribution in [-0.4, -0.2) is 23.5 Å². The lowest BCUT2D eigenvalue weighted by Crippen LogP contribution is -2.36. The lowest BCUT2D eigenvalue weighted by atomic mass is 9.84. The molecular formula is C16H31NO3. The molecule has 0 aliphatic rings. The maximum absolute atomic E-state index is 11.9. The second-order valence-electron chi connectivity index (χ2n) is 7.31. The van der Waals surface area contributed by atoms with Gasteiger partial charge in [0.05, 0.1) is 6.42 Å². The smallest absolute Gasteiger partial charge is 0.303 e. The number of rotatable bonds is 10. The topological polar surface area (TPSA) is 66.4 Å². The average Bonchev–Trinajstić information content (AvgIpc) is 2.24. The Kier molecular flexibility index (Phi) is 7.84. The Bertz CT molecular complexity index is 322. The lowest BCUT2D eigenvalue weighted by Gasteiger charge is -2.27. The molecule has 4 heteroatoms. The first-order valence-corrected chi connectivity index (χ1v) is 7.56. The molecule has 0 aromatic rings. The van der Waals surface area contributed by atoms with E-state index in [2.05, 4.69) is 26.1 Å². The molecule has 20 heavy (non-hydrogen) atoms. The predicted octanol–water partition coefficient (Wildman–Crippen LogP) is 3.60. The minimum absolute atomic E-state index is 0.0142. The van der Waals surface area contributed by atoms with E-state index < -0.39 is 11.4 Å². The second kappa shape index (κ2) is 8.28. The summed E-state index contributed by atoms with van der Waals surface area (Å²) in [5.74, 6) is -0.914. The first-order chi connectivity index (χ1) is 9.08. The summed E-state index contributed by atoms with van der Waals surface area (Å²) in [6, 6.07) is 0. The number of unbranched alkanes of at least 4 members (excludes halogenated alkanes) is 2. The number of carbonyl (C=O) groups excluding carboxylic acids is 1. The van der Waals surface area contributed by atoms with Crippen molar-refractivity contribution < 1.29 is 14.7 Å². The fraction of sp³-hybridized carbons (Fsp3) is 0.875. The van der Waals surface area contributed by atoms with E-state index in [1.807, 2.05) is 13.8 Å². The van der Waals surface area contributed by atoms with Crippen molar-refractivity contribution in [3.05, 3.63) is 0 Å². The lowest BCUT2D eigenvalue weighted by molar-refractivity contribution is -0.139. The number of nitrogens with one attached hydrogen (secondary N) is 1. The highest BCUT2D eigenvalue weighted by atomic mass is 16.4. The molecule has 2 N–H and O–H groups in total. The molecule has 1 amide bonds. The quantitative estimate of drug-likeness (QED) is 0.603. The van der Waals surface area contributed by atoms with Crippen LogP contribution in [0.15, 0.2) is 0 Å². The number of aliphatic carboxylic acids is 1. The van der Waals surface area contributed by atoms with Gasteiger partial charge in [-0.15, -0.1) is 0 Å². The molecule has 0 heterocycles. The molecule has 4 nitrogen and oxygen atoms in total. The Labute approximate surface area is 123 Å². The molecule has 0 aliphatic carbocycles. The molecule has 0 aromatic heterocycles. The van der Waals surface area contributed by atoms with E-state index in [0.717, 1.165) is 6.42 Å². The standard InChI is InChI=1S/C16H31NO3/c1-6-7-8-9-15(2,3)12-17-13(18)10-16(4,5)11-14(19)20/h6-12H2,1-5H3,(H,17,18)(H,19,20). The maximum atomic E-state index is 11.9. The van der Waals surface area contributed by atoms with Gasteiger partial charge in [0.25, 0.3) is 0 Å². The molecule has 118 valence electrons. The average molecular weight is 285 g/mol. The van der Waals surface area contributed by atoms with Crippen molar-refractivity contribution in [3.8, 4) is 0 Å². The molecule has 0 fully saturated rings. The summed E-state index contributed by atoms with van der Waals surface area (Å²) in [7, 11) is 0. The molecule has 0 atom stereocenters. The molecule has 0 aromatic carbocycles. The highest BCUT2D eigenvalue weighted by molar-refractivity contribution is 5.77. The van der Waals surface area contributed by atoms with E-state index in [9.17, 15) is 9.59 Å². The van der Waals surface area contributed by atoms with Crippen molar-refractivity contribution in [1.29, 1.82) is 0 Å². The van der Waals surface area contributed by atoms with E-state index in [0.29, 0.717) is 6.54 Å². The van der Waals surface area contributed by atoms with Crippen LogP contribution >= 0.6 is 0 Å². The van der Waals surface area contributed by atoms with E-state index in [1.165, 1.54) is 19.3 Å². The molecule has 0 unspecified atom stereocenters. The largest absolute Gasteiger partial charge is 0.481 e. The molecule has 0 spiro atoms. The van der Waals surface area contributed by atoms with Gasteiger partial charge < -0.3 is 10.4 Å². The highest BCUT2D eigenvalue weighted by Crippen LogP contribution is 2.26. The van der Waals surface area contributed by atoms with Crippen molar-refractivity contribution in [1.82, 2.24) is 5.32 Å². The third kappa shape index (κ3) is 9.82. The van der Waals surface area contributed by atoms with Crippen LogP contribution in [-0.2, 0) is 9.59 Å². The van der Waals surface area contributed by atoms with Gasteiger partial charge in [-0.2, -0.15) is 0 Å². The summed E-state index contributed by atoms with van der Waals surface area (Å²) in [6.45, 7) is 10.8. The zero-order valence-electron chi connectivity index (χ0n) is 13.7. The fourth-order valence-corrected chi connectivity index (χ4v) is 2.25. The van der Waals surface area contributed by atoms with Gasteiger partial charge in [0, 0.05) is 13.0 Å². The third-order valence-electron chi connectivity index (χ3n) is 3.49. The van der Waals surface area contributed by atoms with Gasteiger partial charge in [0.15, 0.2) is 0 Å². The van der Waals surface area contributed by atoms with Crippen LogP contribution in [0.5, 0.6) is 0 Å². The Hall–Kier alpha value is -1.06. The number of carboxylic acids is 1. The monoisotopic (exact) mass is 285 g/mol. The minimum Gasteiger partial charge on any atom is -0.481 e. The Morgan fingerprint density at radius 1 is 1.00 bits per heavy atom. The number of carboxylic acid groups (broad SMARTS) is 1. The Morgan fingerprint density at radius 3 is 2.10 bits per heavy atom. The summed E-state index contributed by atoms with van der Waals surface area (Å²) < 4.78 is 0.